The number of anilines is 1. The van der Waals surface area contributed by atoms with E-state index in [2.05, 4.69) is 5.10 Å². The molecule has 0 fully saturated rings. The van der Waals surface area contributed by atoms with Crippen molar-refractivity contribution in [2.45, 2.75) is 24.8 Å². The van der Waals surface area contributed by atoms with E-state index in [0.717, 1.165) is 0 Å². The number of halogens is 1. The largest absolute Gasteiger partial charge is 0.274 e. The van der Waals surface area contributed by atoms with E-state index in [1.165, 1.54) is 21.4 Å². The predicted octanol–water partition coefficient (Wildman–Crippen LogP) is 2.68. The molecule has 1 aromatic heterocycles. The maximum Gasteiger partial charge on any atom is 0.267 e. The van der Waals surface area contributed by atoms with Gasteiger partial charge in [-0.3, -0.25) is 8.99 Å². The molecule has 108 valence electrons. The zero-order chi connectivity index (χ0) is 14.9. The van der Waals surface area contributed by atoms with Gasteiger partial charge in [-0.1, -0.05) is 11.6 Å². The van der Waals surface area contributed by atoms with Gasteiger partial charge in [-0.2, -0.15) is 5.10 Å². The number of hydrogen-bond acceptors (Lipinski definition) is 3. The molecule has 2 rings (SSSR count). The topological polar surface area (TPSA) is 55.2 Å². The van der Waals surface area contributed by atoms with Crippen molar-refractivity contribution in [2.75, 3.05) is 4.31 Å². The molecule has 0 N–H and O–H groups in total. The summed E-state index contributed by atoms with van der Waals surface area (Å²) in [6.45, 7) is 3.64. The Morgan fingerprint density at radius 2 is 1.85 bits per heavy atom. The van der Waals surface area contributed by atoms with Crippen LogP contribution in [0.15, 0.2) is 41.6 Å². The second-order valence-corrected chi connectivity index (χ2v) is 6.97. The molecule has 0 saturated heterocycles. The van der Waals surface area contributed by atoms with Gasteiger partial charge >= 0.3 is 0 Å². The minimum atomic E-state index is -3.64. The maximum absolute atomic E-state index is 12.7. The quantitative estimate of drug-likeness (QED) is 0.872. The number of hydrogen-bond donors (Lipinski definition) is 0. The molecule has 7 heteroatoms. The lowest BCUT2D eigenvalue weighted by molar-refractivity contribution is 0.584. The highest BCUT2D eigenvalue weighted by Gasteiger charge is 2.28. The van der Waals surface area contributed by atoms with Crippen LogP contribution in [0.5, 0.6) is 0 Å². The molecule has 20 heavy (non-hydrogen) atoms. The number of nitrogens with zero attached hydrogens (tertiary/aromatic N) is 3. The molecule has 0 bridgehead atoms. The van der Waals surface area contributed by atoms with E-state index < -0.39 is 10.0 Å². The zero-order valence-corrected chi connectivity index (χ0v) is 13.1. The summed E-state index contributed by atoms with van der Waals surface area (Å²) < 4.78 is 28.3. The Balaban J connectivity index is 2.51. The van der Waals surface area contributed by atoms with Gasteiger partial charge in [0.1, 0.15) is 4.90 Å². The molecule has 0 atom stereocenters. The normalized spacial score (nSPS) is 11.8. The highest BCUT2D eigenvalue weighted by atomic mass is 35.5. The van der Waals surface area contributed by atoms with Crippen molar-refractivity contribution < 1.29 is 8.42 Å². The molecule has 0 aliphatic heterocycles. The van der Waals surface area contributed by atoms with Gasteiger partial charge in [-0.05, 0) is 38.1 Å². The van der Waals surface area contributed by atoms with Gasteiger partial charge in [0.15, 0.2) is 0 Å². The van der Waals surface area contributed by atoms with Crippen LogP contribution in [-0.2, 0) is 17.1 Å². The summed E-state index contributed by atoms with van der Waals surface area (Å²) in [7, 11) is -1.96. The second kappa shape index (κ2) is 5.46. The molecule has 5 nitrogen and oxygen atoms in total. The first-order valence-electron chi connectivity index (χ1n) is 6.11. The van der Waals surface area contributed by atoms with Crippen molar-refractivity contribution in [3.05, 3.63) is 41.7 Å². The first kappa shape index (κ1) is 14.9. The monoisotopic (exact) mass is 313 g/mol. The molecule has 0 spiro atoms. The number of rotatable bonds is 4. The van der Waals surface area contributed by atoms with Crippen LogP contribution in [0.4, 0.5) is 5.69 Å². The third-order valence-corrected chi connectivity index (χ3v) is 5.00. The fourth-order valence-corrected chi connectivity index (χ4v) is 3.72. The Morgan fingerprint density at radius 3 is 2.30 bits per heavy atom. The summed E-state index contributed by atoms with van der Waals surface area (Å²) >= 11 is 5.85. The standard InChI is InChI=1S/C13H16ClN3O2S/c1-10(2)17(12-6-4-11(14)5-7-12)20(18,19)13-8-15-16(3)9-13/h4-10H,1-3H3. The molecular formula is C13H16ClN3O2S. The predicted molar refractivity (Wildman–Crippen MR) is 79.5 cm³/mol. The Morgan fingerprint density at radius 1 is 1.25 bits per heavy atom. The molecule has 1 aromatic carbocycles. The van der Waals surface area contributed by atoms with Crippen LogP contribution >= 0.6 is 11.6 Å². The summed E-state index contributed by atoms with van der Waals surface area (Å²) in [5.41, 5.74) is 0.577. The van der Waals surface area contributed by atoms with E-state index in [1.54, 1.807) is 31.3 Å². The smallest absolute Gasteiger partial charge is 0.267 e. The van der Waals surface area contributed by atoms with E-state index in [-0.39, 0.29) is 10.9 Å². The first-order chi connectivity index (χ1) is 9.32. The Bertz CT molecular complexity index is 693. The summed E-state index contributed by atoms with van der Waals surface area (Å²) in [6.07, 6.45) is 2.83. The molecule has 0 unspecified atom stereocenters. The lowest BCUT2D eigenvalue weighted by Gasteiger charge is -2.27. The van der Waals surface area contributed by atoms with Crippen LogP contribution in [0.1, 0.15) is 13.8 Å². The van der Waals surface area contributed by atoms with Crippen molar-refractivity contribution >= 4 is 27.3 Å². The first-order valence-corrected chi connectivity index (χ1v) is 7.93. The third kappa shape index (κ3) is 2.81. The van der Waals surface area contributed by atoms with Crippen LogP contribution in [0, 0.1) is 0 Å². The Hall–Kier alpha value is -1.53. The fraction of sp³-hybridized carbons (Fsp3) is 0.308. The number of sulfonamides is 1. The molecule has 0 aliphatic rings. The van der Waals surface area contributed by atoms with Gasteiger partial charge in [0, 0.05) is 24.3 Å². The summed E-state index contributed by atoms with van der Waals surface area (Å²) in [4.78, 5) is 0.170. The molecule has 0 saturated carbocycles. The van der Waals surface area contributed by atoms with Crippen LogP contribution in [0.25, 0.3) is 0 Å². The molecule has 0 aliphatic carbocycles. The van der Waals surface area contributed by atoms with Gasteiger partial charge in [-0.25, -0.2) is 8.42 Å². The number of benzene rings is 1. The van der Waals surface area contributed by atoms with Crippen LogP contribution in [0.3, 0.4) is 0 Å². The van der Waals surface area contributed by atoms with Gasteiger partial charge in [0.2, 0.25) is 0 Å². The minimum absolute atomic E-state index is 0.170. The minimum Gasteiger partial charge on any atom is -0.274 e. The highest BCUT2D eigenvalue weighted by Crippen LogP contribution is 2.27. The van der Waals surface area contributed by atoms with Crippen LogP contribution in [-0.4, -0.2) is 24.2 Å². The van der Waals surface area contributed by atoms with Gasteiger partial charge in [-0.15, -0.1) is 0 Å². The molecular weight excluding hydrogens is 298 g/mol. The zero-order valence-electron chi connectivity index (χ0n) is 11.5. The molecule has 1 heterocycles. The van der Waals surface area contributed by atoms with Crippen LogP contribution < -0.4 is 4.31 Å². The van der Waals surface area contributed by atoms with Gasteiger partial charge in [0.25, 0.3) is 10.0 Å². The lowest BCUT2D eigenvalue weighted by Crippen LogP contribution is -2.36. The molecule has 0 radical (unpaired) electrons. The highest BCUT2D eigenvalue weighted by molar-refractivity contribution is 7.92. The summed E-state index contributed by atoms with van der Waals surface area (Å²) in [5, 5.41) is 4.49. The van der Waals surface area contributed by atoms with Crippen molar-refractivity contribution in [3.63, 3.8) is 0 Å². The third-order valence-electron chi connectivity index (χ3n) is 2.79. The molecule has 2 aromatic rings. The average Bonchev–Trinajstić information content (AvgIpc) is 2.79. The van der Waals surface area contributed by atoms with Crippen molar-refractivity contribution in [2.24, 2.45) is 7.05 Å². The van der Waals surface area contributed by atoms with E-state index in [1.807, 2.05) is 13.8 Å². The van der Waals surface area contributed by atoms with E-state index in [0.29, 0.717) is 10.7 Å². The SMILES string of the molecule is CC(C)N(c1ccc(Cl)cc1)S(=O)(=O)c1cnn(C)c1. The number of aromatic nitrogens is 2. The van der Waals surface area contributed by atoms with Crippen molar-refractivity contribution in [3.8, 4) is 0 Å². The Labute approximate surface area is 123 Å². The van der Waals surface area contributed by atoms with Gasteiger partial charge < -0.3 is 0 Å². The number of aryl methyl sites for hydroxylation is 1. The lowest BCUT2D eigenvalue weighted by atomic mass is 10.3. The average molecular weight is 314 g/mol. The summed E-state index contributed by atoms with van der Waals surface area (Å²) in [5.74, 6) is 0. The van der Waals surface area contributed by atoms with Gasteiger partial charge in [0.05, 0.1) is 11.9 Å². The van der Waals surface area contributed by atoms with E-state index in [4.69, 9.17) is 11.6 Å². The Kier molecular flexibility index (Phi) is 4.06. The maximum atomic E-state index is 12.7. The fourth-order valence-electron chi connectivity index (χ4n) is 1.95. The van der Waals surface area contributed by atoms with E-state index in [9.17, 15) is 8.42 Å². The van der Waals surface area contributed by atoms with E-state index >= 15 is 0 Å². The second-order valence-electron chi connectivity index (χ2n) is 4.72. The summed E-state index contributed by atoms with van der Waals surface area (Å²) in [6, 6.07) is 6.50. The molecule has 0 amide bonds. The van der Waals surface area contributed by atoms with Crippen LogP contribution in [0.2, 0.25) is 5.02 Å². The van der Waals surface area contributed by atoms with Crippen molar-refractivity contribution in [1.29, 1.82) is 0 Å². The van der Waals surface area contributed by atoms with Crippen molar-refractivity contribution in [1.82, 2.24) is 9.78 Å².